The van der Waals surface area contributed by atoms with Gasteiger partial charge in [0.15, 0.2) is 0 Å². The van der Waals surface area contributed by atoms with Gasteiger partial charge in [-0.2, -0.15) is 5.10 Å². The van der Waals surface area contributed by atoms with Crippen LogP contribution in [0.4, 0.5) is 0 Å². The summed E-state index contributed by atoms with van der Waals surface area (Å²) in [6.07, 6.45) is 6.76. The van der Waals surface area contributed by atoms with Crippen molar-refractivity contribution in [3.05, 3.63) is 66.1 Å². The van der Waals surface area contributed by atoms with Gasteiger partial charge in [-0.1, -0.05) is 32.4 Å². The fourth-order valence-corrected chi connectivity index (χ4v) is 4.32. The van der Waals surface area contributed by atoms with Crippen LogP contribution in [0.2, 0.25) is 0 Å². The quantitative estimate of drug-likeness (QED) is 0.478. The Kier molecular flexibility index (Phi) is 5.43. The number of benzene rings is 1. The van der Waals surface area contributed by atoms with E-state index in [1.807, 2.05) is 48.7 Å². The van der Waals surface area contributed by atoms with E-state index in [2.05, 4.69) is 33.8 Å². The van der Waals surface area contributed by atoms with Crippen LogP contribution in [0.5, 0.6) is 0 Å². The van der Waals surface area contributed by atoms with Gasteiger partial charge < -0.3 is 5.32 Å². The van der Waals surface area contributed by atoms with Crippen molar-refractivity contribution >= 4 is 16.8 Å². The van der Waals surface area contributed by atoms with Crippen molar-refractivity contribution in [1.82, 2.24) is 25.1 Å². The monoisotopic (exact) mass is 425 g/mol. The van der Waals surface area contributed by atoms with Gasteiger partial charge in [0.1, 0.15) is 5.69 Å². The van der Waals surface area contributed by atoms with Crippen molar-refractivity contribution < 1.29 is 4.79 Å². The van der Waals surface area contributed by atoms with E-state index in [1.165, 1.54) is 5.69 Å². The molecule has 1 atom stereocenters. The number of amides is 1. The van der Waals surface area contributed by atoms with Crippen LogP contribution in [0, 0.1) is 5.92 Å². The Hall–Kier alpha value is -3.54. The highest BCUT2D eigenvalue weighted by Crippen LogP contribution is 2.39. The molecule has 0 saturated carbocycles. The van der Waals surface area contributed by atoms with Crippen molar-refractivity contribution in [2.75, 3.05) is 6.54 Å². The zero-order chi connectivity index (χ0) is 22.1. The van der Waals surface area contributed by atoms with E-state index in [9.17, 15) is 4.79 Å². The van der Waals surface area contributed by atoms with E-state index in [-0.39, 0.29) is 5.91 Å². The Labute approximate surface area is 187 Å². The Morgan fingerprint density at radius 2 is 2.06 bits per heavy atom. The van der Waals surface area contributed by atoms with Gasteiger partial charge in [-0.05, 0) is 54.7 Å². The molecule has 0 fully saturated rings. The average molecular weight is 426 g/mol. The first-order chi connectivity index (χ1) is 15.7. The van der Waals surface area contributed by atoms with Gasteiger partial charge in [-0.15, -0.1) is 0 Å². The molecule has 32 heavy (non-hydrogen) atoms. The van der Waals surface area contributed by atoms with Crippen LogP contribution in [0.3, 0.4) is 0 Å². The molecule has 6 nitrogen and oxygen atoms in total. The van der Waals surface area contributed by atoms with Crippen LogP contribution in [-0.2, 0) is 13.0 Å². The van der Waals surface area contributed by atoms with Gasteiger partial charge in [0.25, 0.3) is 5.91 Å². The molecular formula is C26H27N5O. The Morgan fingerprint density at radius 3 is 2.88 bits per heavy atom. The molecule has 0 bridgehead atoms. The Bertz CT molecular complexity index is 1280. The summed E-state index contributed by atoms with van der Waals surface area (Å²) < 4.78 is 2.11. The highest BCUT2D eigenvalue weighted by atomic mass is 16.1. The molecule has 1 N–H and O–H groups in total. The van der Waals surface area contributed by atoms with Gasteiger partial charge in [-0.25, -0.2) is 0 Å². The molecule has 1 unspecified atom stereocenters. The third kappa shape index (κ3) is 3.66. The summed E-state index contributed by atoms with van der Waals surface area (Å²) in [5.41, 5.74) is 6.68. The van der Waals surface area contributed by atoms with Crippen LogP contribution in [0.25, 0.3) is 33.4 Å². The number of hydrogen-bond donors (Lipinski definition) is 1. The summed E-state index contributed by atoms with van der Waals surface area (Å²) in [6, 6.07) is 13.8. The van der Waals surface area contributed by atoms with E-state index >= 15 is 0 Å². The Morgan fingerprint density at radius 1 is 1.16 bits per heavy atom. The van der Waals surface area contributed by atoms with E-state index in [0.29, 0.717) is 18.0 Å². The predicted octanol–water partition coefficient (Wildman–Crippen LogP) is 4.88. The lowest BCUT2D eigenvalue weighted by Crippen LogP contribution is -2.28. The predicted molar refractivity (Wildman–Crippen MR) is 126 cm³/mol. The fourth-order valence-electron chi connectivity index (χ4n) is 4.32. The number of aryl methyl sites for hydroxylation is 1. The van der Waals surface area contributed by atoms with Gasteiger partial charge in [0.05, 0.1) is 11.2 Å². The molecule has 4 aromatic rings. The number of carbonyl (C=O) groups is 1. The standard InChI is InChI=1S/C26H27N5O/c1-3-17(2)16-29-26(32)18-9-10-19-20(11-13-28-22(19)15-18)24-23-8-6-14-31(23)30-25(24)21-7-4-5-12-27-21/h4-5,7,9-13,15,17H,3,6,8,14,16H2,1-2H3,(H,29,32). The molecule has 4 heterocycles. The summed E-state index contributed by atoms with van der Waals surface area (Å²) in [5.74, 6) is 0.401. The zero-order valence-electron chi connectivity index (χ0n) is 18.5. The molecule has 1 amide bonds. The lowest BCUT2D eigenvalue weighted by molar-refractivity contribution is 0.0948. The first-order valence-electron chi connectivity index (χ1n) is 11.3. The second-order valence-electron chi connectivity index (χ2n) is 8.53. The second kappa shape index (κ2) is 8.54. The largest absolute Gasteiger partial charge is 0.352 e. The molecule has 1 aliphatic rings. The normalized spacial score (nSPS) is 13.8. The third-order valence-corrected chi connectivity index (χ3v) is 6.33. The maximum Gasteiger partial charge on any atom is 0.251 e. The van der Waals surface area contributed by atoms with E-state index in [0.717, 1.165) is 59.2 Å². The van der Waals surface area contributed by atoms with Crippen molar-refractivity contribution in [2.45, 2.75) is 39.7 Å². The van der Waals surface area contributed by atoms with E-state index < -0.39 is 0 Å². The summed E-state index contributed by atoms with van der Waals surface area (Å²) >= 11 is 0. The van der Waals surface area contributed by atoms with Crippen molar-refractivity contribution in [3.63, 3.8) is 0 Å². The van der Waals surface area contributed by atoms with Gasteiger partial charge >= 0.3 is 0 Å². The van der Waals surface area contributed by atoms with Crippen LogP contribution in [0.15, 0.2) is 54.9 Å². The molecule has 3 aromatic heterocycles. The van der Waals surface area contributed by atoms with Crippen LogP contribution in [0.1, 0.15) is 42.7 Å². The maximum atomic E-state index is 12.7. The molecule has 0 saturated heterocycles. The van der Waals surface area contributed by atoms with Gasteiger partial charge in [-0.3, -0.25) is 19.4 Å². The minimum atomic E-state index is -0.0556. The molecule has 1 aromatic carbocycles. The number of hydrogen-bond acceptors (Lipinski definition) is 4. The summed E-state index contributed by atoms with van der Waals surface area (Å²) in [6.45, 7) is 5.87. The number of carbonyl (C=O) groups excluding carboxylic acids is 1. The highest BCUT2D eigenvalue weighted by molar-refractivity contribution is 6.03. The number of fused-ring (bicyclic) bond motifs is 2. The van der Waals surface area contributed by atoms with Crippen molar-refractivity contribution in [2.24, 2.45) is 5.92 Å². The van der Waals surface area contributed by atoms with E-state index in [1.54, 1.807) is 6.20 Å². The topological polar surface area (TPSA) is 72.7 Å². The molecule has 5 rings (SSSR count). The summed E-state index contributed by atoms with van der Waals surface area (Å²) in [7, 11) is 0. The van der Waals surface area contributed by atoms with Gasteiger partial charge in [0, 0.05) is 47.7 Å². The summed E-state index contributed by atoms with van der Waals surface area (Å²) in [4.78, 5) is 21.8. The maximum absolute atomic E-state index is 12.7. The lowest BCUT2D eigenvalue weighted by atomic mass is 9.96. The van der Waals surface area contributed by atoms with Crippen molar-refractivity contribution in [3.8, 4) is 22.5 Å². The molecule has 1 aliphatic heterocycles. The number of nitrogens with zero attached hydrogens (tertiary/aromatic N) is 4. The first kappa shape index (κ1) is 20.4. The molecule has 162 valence electrons. The molecule has 0 spiro atoms. The first-order valence-corrected chi connectivity index (χ1v) is 11.3. The lowest BCUT2D eigenvalue weighted by Gasteiger charge is -2.12. The number of nitrogens with one attached hydrogen (secondary N) is 1. The average Bonchev–Trinajstić information content (AvgIpc) is 3.43. The van der Waals surface area contributed by atoms with Crippen LogP contribution < -0.4 is 5.32 Å². The Balaban J connectivity index is 1.58. The minimum Gasteiger partial charge on any atom is -0.352 e. The zero-order valence-corrected chi connectivity index (χ0v) is 18.5. The third-order valence-electron chi connectivity index (χ3n) is 6.33. The second-order valence-corrected chi connectivity index (χ2v) is 8.53. The minimum absolute atomic E-state index is 0.0556. The van der Waals surface area contributed by atoms with Gasteiger partial charge in [0.2, 0.25) is 0 Å². The smallest absolute Gasteiger partial charge is 0.251 e. The molecular weight excluding hydrogens is 398 g/mol. The highest BCUT2D eigenvalue weighted by Gasteiger charge is 2.25. The SMILES string of the molecule is CCC(C)CNC(=O)c1ccc2c(-c3c(-c4ccccn4)nn4c3CCC4)ccnc2c1. The van der Waals surface area contributed by atoms with Crippen molar-refractivity contribution in [1.29, 1.82) is 0 Å². The number of rotatable bonds is 6. The summed E-state index contributed by atoms with van der Waals surface area (Å²) in [5, 5.41) is 8.96. The van der Waals surface area contributed by atoms with E-state index in [4.69, 9.17) is 5.10 Å². The van der Waals surface area contributed by atoms with Crippen LogP contribution >= 0.6 is 0 Å². The molecule has 0 aliphatic carbocycles. The fraction of sp³-hybridized carbons (Fsp3) is 0.308. The molecule has 0 radical (unpaired) electrons. The molecule has 6 heteroatoms. The number of pyridine rings is 2. The van der Waals surface area contributed by atoms with Crippen LogP contribution in [-0.4, -0.2) is 32.2 Å². The number of aromatic nitrogens is 4.